The Bertz CT molecular complexity index is 1210. The number of aryl methyl sites for hydroxylation is 1. The van der Waals surface area contributed by atoms with Crippen molar-refractivity contribution in [2.75, 3.05) is 26.0 Å². The molecule has 4 amide bonds. The summed E-state index contributed by atoms with van der Waals surface area (Å²) in [7, 11) is 3.19. The second-order valence-electron chi connectivity index (χ2n) is 8.63. The summed E-state index contributed by atoms with van der Waals surface area (Å²) in [4.78, 5) is 44.2. The summed E-state index contributed by atoms with van der Waals surface area (Å²) in [5.41, 5.74) is 7.70. The third-order valence-electron chi connectivity index (χ3n) is 5.84. The standard InChI is InChI=1S/C16H25N5O4.C13H12O.C2H6/c1-18-13(4-3-9-20-15(17)23)14(22)21-12-7-5-11(6-8-12)10-25-16(24)19-2;14-10-4-8-12-7-3-6-11-5-1-2-9-13(11)12;1-2/h5-8,13,18H,3-4,9-10H2,1-2H3,(H,19,24)(H,21,22)(H3,17,20,23);1-3,5-7,9-10H,4,8H2;1-2H3/t13-;;/m0../s1. The van der Waals surface area contributed by atoms with Crippen molar-refractivity contribution in [3.8, 4) is 0 Å². The third kappa shape index (κ3) is 13.5. The fraction of sp³-hybridized carbons (Fsp3) is 0.355. The van der Waals surface area contributed by atoms with E-state index in [1.54, 1.807) is 31.3 Å². The van der Waals surface area contributed by atoms with Gasteiger partial charge in [0.1, 0.15) is 12.9 Å². The largest absolute Gasteiger partial charge is 0.445 e. The zero-order valence-corrected chi connectivity index (χ0v) is 24.4. The maximum atomic E-state index is 12.2. The molecule has 6 N–H and O–H groups in total. The van der Waals surface area contributed by atoms with E-state index in [0.29, 0.717) is 31.5 Å². The molecular formula is C31H43N5O5. The molecule has 0 aliphatic rings. The molecule has 0 radical (unpaired) electrons. The molecule has 0 heterocycles. The first-order chi connectivity index (χ1) is 19.9. The van der Waals surface area contributed by atoms with Gasteiger partial charge in [-0.25, -0.2) is 9.59 Å². The molecule has 10 nitrogen and oxygen atoms in total. The zero-order chi connectivity index (χ0) is 30.5. The van der Waals surface area contributed by atoms with Crippen molar-refractivity contribution in [3.63, 3.8) is 0 Å². The van der Waals surface area contributed by atoms with Crippen molar-refractivity contribution in [2.45, 2.75) is 52.2 Å². The number of rotatable bonds is 12. The highest BCUT2D eigenvalue weighted by atomic mass is 16.5. The molecule has 0 saturated heterocycles. The number of amides is 4. The van der Waals surface area contributed by atoms with E-state index in [1.807, 2.05) is 32.0 Å². The van der Waals surface area contributed by atoms with Gasteiger partial charge in [0.2, 0.25) is 5.91 Å². The van der Waals surface area contributed by atoms with Gasteiger partial charge < -0.3 is 36.5 Å². The number of urea groups is 1. The Morgan fingerprint density at radius 1 is 0.951 bits per heavy atom. The normalized spacial score (nSPS) is 10.5. The molecule has 0 unspecified atom stereocenters. The average Bonchev–Trinajstić information content (AvgIpc) is 3.00. The van der Waals surface area contributed by atoms with Crippen LogP contribution in [0.2, 0.25) is 0 Å². The van der Waals surface area contributed by atoms with Crippen molar-refractivity contribution in [3.05, 3.63) is 77.9 Å². The Balaban J connectivity index is 0.000000439. The summed E-state index contributed by atoms with van der Waals surface area (Å²) in [5.74, 6) is -0.170. The van der Waals surface area contributed by atoms with Crippen LogP contribution in [0.1, 0.15) is 44.2 Å². The monoisotopic (exact) mass is 565 g/mol. The second kappa shape index (κ2) is 20.5. The fourth-order valence-electron chi connectivity index (χ4n) is 3.78. The number of carbonyl (C=O) groups is 4. The smallest absolute Gasteiger partial charge is 0.407 e. The Labute approximate surface area is 242 Å². The summed E-state index contributed by atoms with van der Waals surface area (Å²) < 4.78 is 4.94. The number of nitrogens with two attached hydrogens (primary N) is 1. The van der Waals surface area contributed by atoms with Crippen LogP contribution in [0.25, 0.3) is 10.8 Å². The van der Waals surface area contributed by atoms with Crippen LogP contribution in [0.4, 0.5) is 15.3 Å². The topological polar surface area (TPSA) is 152 Å². The third-order valence-corrected chi connectivity index (χ3v) is 5.84. The number of hydrogen-bond acceptors (Lipinski definition) is 6. The first-order valence-electron chi connectivity index (χ1n) is 13.7. The molecule has 0 aliphatic carbocycles. The SMILES string of the molecule is CC.CNC(=O)OCc1ccc(NC(=O)[C@H](CCCNC(N)=O)NC)cc1.O=CCCc1cccc2ccccc12. The van der Waals surface area contributed by atoms with E-state index in [1.165, 1.54) is 23.4 Å². The summed E-state index contributed by atoms with van der Waals surface area (Å²) in [6, 6.07) is 20.6. The Kier molecular flexibility index (Phi) is 17.3. The molecule has 3 aromatic carbocycles. The number of likely N-dealkylation sites (N-methyl/N-ethyl adjacent to an activating group) is 1. The molecule has 3 rings (SSSR count). The van der Waals surface area contributed by atoms with Crippen LogP contribution >= 0.6 is 0 Å². The molecule has 0 saturated carbocycles. The van der Waals surface area contributed by atoms with Crippen LogP contribution in [0.15, 0.2) is 66.7 Å². The van der Waals surface area contributed by atoms with Gasteiger partial charge >= 0.3 is 12.1 Å². The lowest BCUT2D eigenvalue weighted by Crippen LogP contribution is -2.39. The van der Waals surface area contributed by atoms with Gasteiger partial charge in [0.15, 0.2) is 0 Å². The average molecular weight is 566 g/mol. The fourth-order valence-corrected chi connectivity index (χ4v) is 3.78. The van der Waals surface area contributed by atoms with Crippen molar-refractivity contribution in [1.29, 1.82) is 0 Å². The van der Waals surface area contributed by atoms with Gasteiger partial charge in [-0.2, -0.15) is 0 Å². The number of anilines is 1. The van der Waals surface area contributed by atoms with E-state index >= 15 is 0 Å². The van der Waals surface area contributed by atoms with E-state index in [2.05, 4.69) is 45.5 Å². The number of alkyl carbamates (subject to hydrolysis) is 1. The number of hydrogen-bond donors (Lipinski definition) is 5. The van der Waals surface area contributed by atoms with E-state index in [9.17, 15) is 19.2 Å². The van der Waals surface area contributed by atoms with Crippen molar-refractivity contribution < 1.29 is 23.9 Å². The highest BCUT2D eigenvalue weighted by Crippen LogP contribution is 2.19. The summed E-state index contributed by atoms with van der Waals surface area (Å²) in [6.07, 6.45) is 3.10. The summed E-state index contributed by atoms with van der Waals surface area (Å²) >= 11 is 0. The second-order valence-corrected chi connectivity index (χ2v) is 8.63. The number of nitrogens with one attached hydrogen (secondary N) is 4. The zero-order valence-electron chi connectivity index (χ0n) is 24.4. The lowest BCUT2D eigenvalue weighted by Gasteiger charge is -2.16. The van der Waals surface area contributed by atoms with Gasteiger partial charge in [-0.3, -0.25) is 4.79 Å². The van der Waals surface area contributed by atoms with Gasteiger partial charge in [0.05, 0.1) is 6.04 Å². The minimum Gasteiger partial charge on any atom is -0.445 e. The molecule has 10 heteroatoms. The Morgan fingerprint density at radius 3 is 2.27 bits per heavy atom. The maximum Gasteiger partial charge on any atom is 0.407 e. The van der Waals surface area contributed by atoms with Gasteiger partial charge in [-0.05, 0) is 60.3 Å². The number of carbonyl (C=O) groups excluding carboxylic acids is 4. The van der Waals surface area contributed by atoms with Crippen LogP contribution in [-0.4, -0.2) is 51.0 Å². The predicted octanol–water partition coefficient (Wildman–Crippen LogP) is 4.52. The molecule has 0 aliphatic heterocycles. The number of fused-ring (bicyclic) bond motifs is 1. The summed E-state index contributed by atoms with van der Waals surface area (Å²) in [5, 5.41) is 13.1. The predicted molar refractivity (Wildman–Crippen MR) is 164 cm³/mol. The van der Waals surface area contributed by atoms with Gasteiger partial charge in [0.25, 0.3) is 0 Å². The van der Waals surface area contributed by atoms with Crippen LogP contribution in [0, 0.1) is 0 Å². The molecular weight excluding hydrogens is 522 g/mol. The minimum atomic E-state index is -0.578. The number of benzene rings is 3. The molecule has 0 bridgehead atoms. The molecule has 3 aromatic rings. The first kappa shape index (κ1) is 34.6. The van der Waals surface area contributed by atoms with Crippen LogP contribution in [0.5, 0.6) is 0 Å². The molecule has 1 atom stereocenters. The first-order valence-corrected chi connectivity index (χ1v) is 13.7. The Hall–Kier alpha value is -4.44. The van der Waals surface area contributed by atoms with E-state index in [-0.39, 0.29) is 18.6 Å². The lowest BCUT2D eigenvalue weighted by atomic mass is 10.0. The van der Waals surface area contributed by atoms with Gasteiger partial charge in [-0.1, -0.05) is 68.4 Å². The quantitative estimate of drug-likeness (QED) is 0.161. The Morgan fingerprint density at radius 2 is 1.63 bits per heavy atom. The minimum absolute atomic E-state index is 0.153. The van der Waals surface area contributed by atoms with Crippen molar-refractivity contribution in [2.24, 2.45) is 5.73 Å². The van der Waals surface area contributed by atoms with E-state index in [4.69, 9.17) is 10.5 Å². The van der Waals surface area contributed by atoms with Crippen LogP contribution in [-0.2, 0) is 27.4 Å². The molecule has 0 fully saturated rings. The van der Waals surface area contributed by atoms with Crippen molar-refractivity contribution in [1.82, 2.24) is 16.0 Å². The van der Waals surface area contributed by atoms with Gasteiger partial charge in [0, 0.05) is 25.7 Å². The summed E-state index contributed by atoms with van der Waals surface area (Å²) in [6.45, 7) is 4.57. The van der Waals surface area contributed by atoms with Gasteiger partial charge in [-0.15, -0.1) is 0 Å². The van der Waals surface area contributed by atoms with Crippen LogP contribution < -0.4 is 27.0 Å². The molecule has 41 heavy (non-hydrogen) atoms. The number of ether oxygens (including phenoxy) is 1. The maximum absolute atomic E-state index is 12.2. The lowest BCUT2D eigenvalue weighted by molar-refractivity contribution is -0.118. The number of primary amides is 1. The van der Waals surface area contributed by atoms with Crippen molar-refractivity contribution >= 4 is 40.8 Å². The number of aldehydes is 1. The highest BCUT2D eigenvalue weighted by molar-refractivity contribution is 5.94. The van der Waals surface area contributed by atoms with E-state index in [0.717, 1.165) is 18.3 Å². The van der Waals surface area contributed by atoms with Crippen LogP contribution in [0.3, 0.4) is 0 Å². The highest BCUT2D eigenvalue weighted by Gasteiger charge is 2.16. The van der Waals surface area contributed by atoms with E-state index < -0.39 is 12.1 Å². The molecule has 0 spiro atoms. The molecule has 0 aromatic heterocycles. The molecule has 222 valence electrons.